The number of rotatable bonds is 7. The molecular weight excluding hydrogens is 446 g/mol. The van der Waals surface area contributed by atoms with Crippen molar-refractivity contribution in [2.75, 3.05) is 39.3 Å². The summed E-state index contributed by atoms with van der Waals surface area (Å²) >= 11 is 0. The number of methoxy groups -OCH3 is 3. The number of allylic oxidation sites excluding steroid dienone is 1. The van der Waals surface area contributed by atoms with Gasteiger partial charge in [0.05, 0.1) is 7.11 Å². The summed E-state index contributed by atoms with van der Waals surface area (Å²) < 4.78 is 16.6. The van der Waals surface area contributed by atoms with Crippen LogP contribution in [0.2, 0.25) is 0 Å². The van der Waals surface area contributed by atoms with E-state index in [0.29, 0.717) is 5.92 Å². The minimum atomic E-state index is -0.105. The summed E-state index contributed by atoms with van der Waals surface area (Å²) in [4.78, 5) is 2.49. The average Bonchev–Trinajstić information content (AvgIpc) is 3.14. The zero-order chi connectivity index (χ0) is 24.9. The molecule has 1 fully saturated rings. The van der Waals surface area contributed by atoms with Crippen LogP contribution >= 0.6 is 0 Å². The fraction of sp³-hybridized carbons (Fsp3) is 0.375. The van der Waals surface area contributed by atoms with Crippen LogP contribution in [0.25, 0.3) is 11.1 Å². The molecule has 0 amide bonds. The van der Waals surface area contributed by atoms with Gasteiger partial charge < -0.3 is 19.1 Å². The van der Waals surface area contributed by atoms with Crippen LogP contribution in [0.15, 0.2) is 72.8 Å². The Hall–Kier alpha value is -3.08. The van der Waals surface area contributed by atoms with Crippen molar-refractivity contribution in [2.45, 2.75) is 38.4 Å². The van der Waals surface area contributed by atoms with E-state index in [9.17, 15) is 0 Å². The maximum atomic E-state index is 5.56. The predicted molar refractivity (Wildman–Crippen MR) is 147 cm³/mol. The highest BCUT2D eigenvalue weighted by molar-refractivity contribution is 6.00. The maximum absolute atomic E-state index is 5.56. The third-order valence-corrected chi connectivity index (χ3v) is 7.79. The molecule has 3 aromatic carbocycles. The maximum Gasteiger partial charge on any atom is 0.159 e. The summed E-state index contributed by atoms with van der Waals surface area (Å²) in [7, 11) is 5.22. The summed E-state index contributed by atoms with van der Waals surface area (Å²) in [5, 5.41) is 0. The standard InChI is InChI=1S/C32H37NO3/c1-34-28-16-17-30-26(22-28)10-7-11-29(23-8-5-4-6-9-23)31(30)24-12-14-27(15-13-24)33-20-18-25(19-21-33)32(35-2)36-3/h4-6,8-9,12-17,22,25,32H,7,10-11,18-21H2,1-3H3. The van der Waals surface area contributed by atoms with E-state index >= 15 is 0 Å². The second kappa shape index (κ2) is 11.3. The summed E-state index contributed by atoms with van der Waals surface area (Å²) in [6, 6.07) is 26.6. The van der Waals surface area contributed by atoms with Gasteiger partial charge in [0, 0.05) is 38.9 Å². The van der Waals surface area contributed by atoms with Crippen LogP contribution in [0, 0.1) is 5.92 Å². The van der Waals surface area contributed by atoms with Crippen LogP contribution < -0.4 is 9.64 Å². The second-order valence-corrected chi connectivity index (χ2v) is 9.81. The van der Waals surface area contributed by atoms with Crippen molar-refractivity contribution in [3.05, 3.63) is 95.1 Å². The van der Waals surface area contributed by atoms with E-state index in [1.807, 2.05) is 0 Å². The smallest absolute Gasteiger partial charge is 0.159 e. The molecule has 0 spiro atoms. The second-order valence-electron chi connectivity index (χ2n) is 9.81. The lowest BCUT2D eigenvalue weighted by molar-refractivity contribution is -0.141. The lowest BCUT2D eigenvalue weighted by Crippen LogP contribution is -2.39. The molecule has 4 nitrogen and oxygen atoms in total. The van der Waals surface area contributed by atoms with Crippen LogP contribution in [0.4, 0.5) is 5.69 Å². The lowest BCUT2D eigenvalue weighted by atomic mass is 9.87. The van der Waals surface area contributed by atoms with Crippen molar-refractivity contribution in [1.29, 1.82) is 0 Å². The van der Waals surface area contributed by atoms with Gasteiger partial charge in [0.15, 0.2) is 6.29 Å². The van der Waals surface area contributed by atoms with E-state index in [1.54, 1.807) is 21.3 Å². The Bertz CT molecular complexity index is 1170. The van der Waals surface area contributed by atoms with E-state index in [0.717, 1.165) is 50.9 Å². The lowest BCUT2D eigenvalue weighted by Gasteiger charge is -2.36. The molecule has 1 aliphatic heterocycles. The molecule has 5 rings (SSSR count). The Morgan fingerprint density at radius 1 is 0.778 bits per heavy atom. The van der Waals surface area contributed by atoms with Gasteiger partial charge in [0.2, 0.25) is 0 Å². The number of hydrogen-bond donors (Lipinski definition) is 0. The predicted octanol–water partition coefficient (Wildman–Crippen LogP) is 6.83. The Morgan fingerprint density at radius 2 is 1.50 bits per heavy atom. The van der Waals surface area contributed by atoms with Gasteiger partial charge in [-0.05, 0) is 89.8 Å². The number of ether oxygens (including phenoxy) is 3. The summed E-state index contributed by atoms with van der Waals surface area (Å²) in [6.07, 6.45) is 5.30. The van der Waals surface area contributed by atoms with Crippen molar-refractivity contribution < 1.29 is 14.2 Å². The molecule has 1 heterocycles. The molecule has 188 valence electrons. The monoisotopic (exact) mass is 483 g/mol. The van der Waals surface area contributed by atoms with Crippen molar-refractivity contribution in [3.63, 3.8) is 0 Å². The molecule has 0 N–H and O–H groups in total. The Balaban J connectivity index is 1.48. The SMILES string of the molecule is COc1ccc2c(c1)CCCC(c1ccccc1)=C2c1ccc(N2CCC(C(OC)OC)CC2)cc1. The van der Waals surface area contributed by atoms with E-state index in [-0.39, 0.29) is 6.29 Å². The number of hydrogen-bond acceptors (Lipinski definition) is 4. The number of fused-ring (bicyclic) bond motifs is 1. The Kier molecular flexibility index (Phi) is 7.74. The molecular formula is C32H37NO3. The highest BCUT2D eigenvalue weighted by atomic mass is 16.7. The largest absolute Gasteiger partial charge is 0.497 e. The molecule has 1 saturated heterocycles. The van der Waals surface area contributed by atoms with Crippen molar-refractivity contribution in [2.24, 2.45) is 5.92 Å². The molecule has 0 bridgehead atoms. The molecule has 0 radical (unpaired) electrons. The molecule has 4 heteroatoms. The first-order valence-corrected chi connectivity index (χ1v) is 13.1. The molecule has 0 atom stereocenters. The Labute approximate surface area is 215 Å². The highest BCUT2D eigenvalue weighted by Crippen LogP contribution is 2.41. The first kappa shape index (κ1) is 24.6. The summed E-state index contributed by atoms with van der Waals surface area (Å²) in [5.74, 6) is 1.38. The van der Waals surface area contributed by atoms with E-state index in [4.69, 9.17) is 14.2 Å². The van der Waals surface area contributed by atoms with Crippen molar-refractivity contribution >= 4 is 16.8 Å². The number of benzene rings is 3. The third-order valence-electron chi connectivity index (χ3n) is 7.79. The fourth-order valence-electron chi connectivity index (χ4n) is 5.90. The fourth-order valence-corrected chi connectivity index (χ4v) is 5.90. The number of aryl methyl sites for hydroxylation is 1. The first-order chi connectivity index (χ1) is 17.7. The molecule has 2 aliphatic rings. The van der Waals surface area contributed by atoms with Gasteiger partial charge in [0.1, 0.15) is 5.75 Å². The minimum absolute atomic E-state index is 0.105. The molecule has 3 aromatic rings. The van der Waals surface area contributed by atoms with E-state index < -0.39 is 0 Å². The molecule has 0 aromatic heterocycles. The van der Waals surface area contributed by atoms with Gasteiger partial charge in [-0.25, -0.2) is 0 Å². The van der Waals surface area contributed by atoms with Crippen LogP contribution in [-0.4, -0.2) is 40.7 Å². The molecule has 0 unspecified atom stereocenters. The van der Waals surface area contributed by atoms with Crippen molar-refractivity contribution in [1.82, 2.24) is 0 Å². The minimum Gasteiger partial charge on any atom is -0.497 e. The van der Waals surface area contributed by atoms with Gasteiger partial charge in [-0.2, -0.15) is 0 Å². The van der Waals surface area contributed by atoms with Crippen molar-refractivity contribution in [3.8, 4) is 5.75 Å². The molecule has 1 aliphatic carbocycles. The molecule has 36 heavy (non-hydrogen) atoms. The van der Waals surface area contributed by atoms with Gasteiger partial charge in [0.25, 0.3) is 0 Å². The highest BCUT2D eigenvalue weighted by Gasteiger charge is 2.27. The van der Waals surface area contributed by atoms with Gasteiger partial charge in [-0.1, -0.05) is 48.5 Å². The quantitative estimate of drug-likeness (QED) is 0.345. The van der Waals surface area contributed by atoms with E-state index in [1.165, 1.54) is 39.1 Å². The number of anilines is 1. The summed E-state index contributed by atoms with van der Waals surface area (Å²) in [6.45, 7) is 2.04. The topological polar surface area (TPSA) is 30.9 Å². The number of piperidine rings is 1. The van der Waals surface area contributed by atoms with Crippen LogP contribution in [0.3, 0.4) is 0 Å². The van der Waals surface area contributed by atoms with Gasteiger partial charge >= 0.3 is 0 Å². The van der Waals surface area contributed by atoms with Crippen LogP contribution in [0.1, 0.15) is 47.9 Å². The Morgan fingerprint density at radius 3 is 2.17 bits per heavy atom. The van der Waals surface area contributed by atoms with Gasteiger partial charge in [-0.3, -0.25) is 0 Å². The average molecular weight is 484 g/mol. The van der Waals surface area contributed by atoms with Crippen LogP contribution in [-0.2, 0) is 15.9 Å². The molecule has 0 saturated carbocycles. The first-order valence-electron chi connectivity index (χ1n) is 13.1. The normalized spacial score (nSPS) is 16.7. The summed E-state index contributed by atoms with van der Waals surface area (Å²) in [5.41, 5.74) is 9.35. The van der Waals surface area contributed by atoms with Crippen LogP contribution in [0.5, 0.6) is 5.75 Å². The zero-order valence-electron chi connectivity index (χ0n) is 21.7. The van der Waals surface area contributed by atoms with E-state index in [2.05, 4.69) is 77.7 Å². The number of nitrogens with zero attached hydrogens (tertiary/aromatic N) is 1. The zero-order valence-corrected chi connectivity index (χ0v) is 21.7. The third kappa shape index (κ3) is 5.07. The van der Waals surface area contributed by atoms with Gasteiger partial charge in [-0.15, -0.1) is 0 Å².